The number of benzene rings is 1. The van der Waals surface area contributed by atoms with Crippen LogP contribution in [0.5, 0.6) is 5.75 Å². The molecule has 0 saturated carbocycles. The second-order valence-corrected chi connectivity index (χ2v) is 9.50. The summed E-state index contributed by atoms with van der Waals surface area (Å²) < 4.78 is 0. The van der Waals surface area contributed by atoms with Gasteiger partial charge in [-0.3, -0.25) is 19.2 Å². The summed E-state index contributed by atoms with van der Waals surface area (Å²) in [6.45, 7) is 0.364. The fourth-order valence-electron chi connectivity index (χ4n) is 3.89. The zero-order valence-electron chi connectivity index (χ0n) is 22.4. The number of carbonyl (C=O) groups excluding carboxylic acids is 3. The molecule has 224 valence electrons. The summed E-state index contributed by atoms with van der Waals surface area (Å²) in [6.07, 6.45) is 3.34. The van der Waals surface area contributed by atoms with E-state index in [2.05, 4.69) is 25.9 Å². The van der Waals surface area contributed by atoms with Crippen molar-refractivity contribution < 1.29 is 39.3 Å². The Balaban J connectivity index is 2.26. The van der Waals surface area contributed by atoms with Gasteiger partial charge in [0.25, 0.3) is 0 Å². The minimum absolute atomic E-state index is 0.00815. The largest absolute Gasteiger partial charge is 0.508 e. The smallest absolute Gasteiger partial charge is 0.326 e. The summed E-state index contributed by atoms with van der Waals surface area (Å²) in [6, 6.07) is 0.966. The average Bonchev–Trinajstić information content (AvgIpc) is 3.44. The van der Waals surface area contributed by atoms with Crippen LogP contribution in [0.2, 0.25) is 0 Å². The van der Waals surface area contributed by atoms with E-state index < -0.39 is 53.8 Å². The number of carboxylic acids is 2. The molecule has 15 heteroatoms. The number of carbonyl (C=O) groups is 5. The summed E-state index contributed by atoms with van der Waals surface area (Å²) in [5, 5.41) is 35.6. The third-order valence-electron chi connectivity index (χ3n) is 6.19. The van der Waals surface area contributed by atoms with E-state index in [0.29, 0.717) is 30.6 Å². The fourth-order valence-corrected chi connectivity index (χ4v) is 3.89. The Kier molecular flexibility index (Phi) is 13.2. The summed E-state index contributed by atoms with van der Waals surface area (Å²) in [5.74, 6) is -4.69. The highest BCUT2D eigenvalue weighted by Crippen LogP contribution is 2.13. The molecule has 0 bridgehead atoms. The molecule has 0 radical (unpaired) electrons. The van der Waals surface area contributed by atoms with Crippen LogP contribution in [0.3, 0.4) is 0 Å². The van der Waals surface area contributed by atoms with E-state index >= 15 is 0 Å². The number of amides is 3. The number of phenolic OH excluding ortho intramolecular Hbond substituents is 1. The van der Waals surface area contributed by atoms with Gasteiger partial charge in [0.15, 0.2) is 0 Å². The zero-order chi connectivity index (χ0) is 30.4. The highest BCUT2D eigenvalue weighted by molar-refractivity contribution is 5.94. The molecule has 4 unspecified atom stereocenters. The first-order valence-electron chi connectivity index (χ1n) is 13.1. The van der Waals surface area contributed by atoms with Crippen molar-refractivity contribution in [1.82, 2.24) is 25.9 Å². The Bertz CT molecular complexity index is 1160. The number of aromatic amines is 1. The third-order valence-corrected chi connectivity index (χ3v) is 6.19. The second-order valence-electron chi connectivity index (χ2n) is 9.50. The number of phenols is 1. The number of unbranched alkanes of at least 4 members (excludes halogenated alkanes) is 1. The van der Waals surface area contributed by atoms with Crippen LogP contribution in [-0.4, -0.2) is 85.7 Å². The topological polar surface area (TPSA) is 263 Å². The number of aromatic hydroxyl groups is 1. The lowest BCUT2D eigenvalue weighted by atomic mass is 10.0. The summed E-state index contributed by atoms with van der Waals surface area (Å²) >= 11 is 0. The summed E-state index contributed by atoms with van der Waals surface area (Å²) in [7, 11) is 0. The van der Waals surface area contributed by atoms with Gasteiger partial charge in [0, 0.05) is 31.2 Å². The molecular weight excluding hydrogens is 538 g/mol. The number of rotatable bonds is 18. The number of nitrogens with zero attached hydrogens (tertiary/aromatic N) is 1. The fraction of sp³-hybridized carbons (Fsp3) is 0.462. The van der Waals surface area contributed by atoms with Crippen LogP contribution in [0, 0.1) is 0 Å². The maximum Gasteiger partial charge on any atom is 0.326 e. The molecule has 0 aliphatic rings. The van der Waals surface area contributed by atoms with Gasteiger partial charge in [-0.05, 0) is 49.9 Å². The van der Waals surface area contributed by atoms with Gasteiger partial charge >= 0.3 is 11.9 Å². The van der Waals surface area contributed by atoms with Crippen LogP contribution < -0.4 is 27.4 Å². The maximum absolute atomic E-state index is 13.4. The van der Waals surface area contributed by atoms with Crippen molar-refractivity contribution in [1.29, 1.82) is 0 Å². The first-order valence-corrected chi connectivity index (χ1v) is 13.1. The zero-order valence-corrected chi connectivity index (χ0v) is 22.4. The first kappa shape index (κ1) is 32.7. The number of hydrogen-bond acceptors (Lipinski definition) is 9. The minimum Gasteiger partial charge on any atom is -0.508 e. The molecule has 2 rings (SSSR count). The van der Waals surface area contributed by atoms with Crippen LogP contribution in [0.4, 0.5) is 0 Å². The van der Waals surface area contributed by atoms with Crippen molar-refractivity contribution in [3.8, 4) is 5.75 Å². The Labute approximate surface area is 236 Å². The Hall–Kier alpha value is -4.50. The van der Waals surface area contributed by atoms with E-state index in [1.54, 1.807) is 12.1 Å². The molecule has 0 fully saturated rings. The standard InChI is InChI=1S/C26H37N7O8/c27-10-2-1-3-19(26(40)41)31-24(38)20(11-15-4-6-17(34)7-5-15)33-25(39)21(12-16-13-29-14-30-16)32-23(37)18(28)8-9-22(35)36/h4-7,13-14,18-21,34H,1-3,8-12,27-28H2,(H,29,30)(H,31,38)(H,32,37)(H,33,39)(H,35,36)(H,40,41). The highest BCUT2D eigenvalue weighted by atomic mass is 16.4. The maximum atomic E-state index is 13.4. The van der Waals surface area contributed by atoms with Crippen LogP contribution in [0.25, 0.3) is 0 Å². The molecule has 3 amide bonds. The lowest BCUT2D eigenvalue weighted by Gasteiger charge is -2.25. The van der Waals surface area contributed by atoms with Crippen molar-refractivity contribution in [3.05, 3.63) is 48.0 Å². The van der Waals surface area contributed by atoms with Crippen molar-refractivity contribution in [2.45, 2.75) is 69.1 Å². The molecule has 1 aromatic carbocycles. The predicted molar refractivity (Wildman–Crippen MR) is 145 cm³/mol. The van der Waals surface area contributed by atoms with E-state index in [-0.39, 0.29) is 37.9 Å². The summed E-state index contributed by atoms with van der Waals surface area (Å²) in [4.78, 5) is 68.7. The lowest BCUT2D eigenvalue weighted by Crippen LogP contribution is -2.58. The van der Waals surface area contributed by atoms with Gasteiger partial charge in [-0.1, -0.05) is 12.1 Å². The second kappa shape index (κ2) is 16.6. The molecular formula is C26H37N7O8. The van der Waals surface area contributed by atoms with Gasteiger partial charge < -0.3 is 47.7 Å². The monoisotopic (exact) mass is 575 g/mol. The first-order chi connectivity index (χ1) is 19.5. The average molecular weight is 576 g/mol. The lowest BCUT2D eigenvalue weighted by molar-refractivity contribution is -0.142. The minimum atomic E-state index is -1.26. The molecule has 0 spiro atoms. The molecule has 1 aromatic heterocycles. The number of nitrogens with one attached hydrogen (secondary N) is 4. The molecule has 41 heavy (non-hydrogen) atoms. The van der Waals surface area contributed by atoms with Crippen LogP contribution in [-0.2, 0) is 36.8 Å². The van der Waals surface area contributed by atoms with Crippen molar-refractivity contribution in [2.24, 2.45) is 11.5 Å². The normalized spacial score (nSPS) is 13.8. The number of H-pyrrole nitrogens is 1. The Morgan fingerprint density at radius 3 is 2.02 bits per heavy atom. The van der Waals surface area contributed by atoms with Gasteiger partial charge in [0.05, 0.1) is 12.4 Å². The van der Waals surface area contributed by atoms with Crippen LogP contribution >= 0.6 is 0 Å². The Morgan fingerprint density at radius 1 is 0.854 bits per heavy atom. The molecule has 2 aromatic rings. The van der Waals surface area contributed by atoms with Crippen molar-refractivity contribution in [3.63, 3.8) is 0 Å². The number of aliphatic carboxylic acids is 2. The number of hydrogen-bond donors (Lipinski definition) is 9. The van der Waals surface area contributed by atoms with Gasteiger partial charge in [-0.25, -0.2) is 9.78 Å². The van der Waals surface area contributed by atoms with E-state index in [1.165, 1.54) is 24.7 Å². The van der Waals surface area contributed by atoms with E-state index in [1.807, 2.05) is 0 Å². The molecule has 0 saturated heterocycles. The van der Waals surface area contributed by atoms with E-state index in [0.717, 1.165) is 0 Å². The van der Waals surface area contributed by atoms with Crippen LogP contribution in [0.1, 0.15) is 43.4 Å². The van der Waals surface area contributed by atoms with E-state index in [9.17, 15) is 34.2 Å². The SMILES string of the molecule is NCCCCC(NC(=O)C(Cc1ccc(O)cc1)NC(=O)C(Cc1cnc[nH]1)NC(=O)C(N)CCC(=O)O)C(=O)O. The van der Waals surface area contributed by atoms with Gasteiger partial charge in [0.2, 0.25) is 17.7 Å². The Morgan fingerprint density at radius 2 is 1.46 bits per heavy atom. The number of aromatic nitrogens is 2. The molecule has 11 N–H and O–H groups in total. The molecule has 4 atom stereocenters. The van der Waals surface area contributed by atoms with Crippen LogP contribution in [0.15, 0.2) is 36.8 Å². The number of nitrogens with two attached hydrogens (primary N) is 2. The van der Waals surface area contributed by atoms with Gasteiger partial charge in [-0.2, -0.15) is 0 Å². The number of imidazole rings is 1. The molecule has 15 nitrogen and oxygen atoms in total. The molecule has 0 aliphatic carbocycles. The van der Waals surface area contributed by atoms with Gasteiger partial charge in [-0.15, -0.1) is 0 Å². The third kappa shape index (κ3) is 11.6. The van der Waals surface area contributed by atoms with Crippen molar-refractivity contribution in [2.75, 3.05) is 6.54 Å². The van der Waals surface area contributed by atoms with Gasteiger partial charge in [0.1, 0.15) is 23.9 Å². The van der Waals surface area contributed by atoms with Crippen molar-refractivity contribution >= 4 is 29.7 Å². The quantitative estimate of drug-likeness (QED) is 0.0949. The summed E-state index contributed by atoms with van der Waals surface area (Å²) in [5.41, 5.74) is 12.3. The highest BCUT2D eigenvalue weighted by Gasteiger charge is 2.31. The predicted octanol–water partition coefficient (Wildman–Crippen LogP) is -1.24. The van der Waals surface area contributed by atoms with E-state index in [4.69, 9.17) is 16.6 Å². The number of carboxylic acid groups (broad SMARTS) is 2. The molecule has 1 heterocycles. The molecule has 0 aliphatic heterocycles.